The Bertz CT molecular complexity index is 756. The molecule has 1 aliphatic rings. The van der Waals surface area contributed by atoms with Crippen molar-refractivity contribution in [3.8, 4) is 11.3 Å². The third kappa shape index (κ3) is 3.01. The molecular weight excluding hydrogens is 362 g/mol. The van der Waals surface area contributed by atoms with E-state index in [9.17, 15) is 14.7 Å². The molecule has 1 atom stereocenters. The van der Waals surface area contributed by atoms with Crippen LogP contribution in [0.4, 0.5) is 0 Å². The molecule has 1 fully saturated rings. The zero-order valence-electron chi connectivity index (χ0n) is 12.5. The molecule has 1 unspecified atom stereocenters. The predicted molar refractivity (Wildman–Crippen MR) is 88.0 cm³/mol. The fourth-order valence-corrected chi connectivity index (χ4v) is 2.94. The minimum atomic E-state index is -0.871. The number of carbonyl (C=O) groups excluding carboxylic acids is 1. The lowest BCUT2D eigenvalue weighted by Gasteiger charge is -2.19. The molecule has 1 aliphatic heterocycles. The molecule has 1 saturated heterocycles. The number of hydrogen-bond acceptors (Lipinski definition) is 3. The number of H-pyrrole nitrogens is 1. The van der Waals surface area contributed by atoms with E-state index in [1.165, 1.54) is 0 Å². The summed E-state index contributed by atoms with van der Waals surface area (Å²) >= 11 is 3.38. The van der Waals surface area contributed by atoms with Gasteiger partial charge in [0, 0.05) is 23.1 Å². The van der Waals surface area contributed by atoms with Crippen molar-refractivity contribution < 1.29 is 14.7 Å². The zero-order chi connectivity index (χ0) is 16.6. The van der Waals surface area contributed by atoms with Crippen LogP contribution in [0.25, 0.3) is 11.3 Å². The summed E-state index contributed by atoms with van der Waals surface area (Å²) in [5.74, 6) is -1.08. The first kappa shape index (κ1) is 15.7. The first-order chi connectivity index (χ1) is 10.9. The second-order valence-electron chi connectivity index (χ2n) is 6.02. The standard InChI is InChI=1S/C16H16BrN3O3/c1-16(15(22)23)6-7-20(9-16)14(21)13-8-12(18-19-13)10-2-4-11(17)5-3-10/h2-5,8H,6-7,9H2,1H3,(H,18,19)(H,22,23). The van der Waals surface area contributed by atoms with Crippen molar-refractivity contribution in [2.24, 2.45) is 5.41 Å². The molecule has 0 aliphatic carbocycles. The van der Waals surface area contributed by atoms with Crippen molar-refractivity contribution in [1.29, 1.82) is 0 Å². The first-order valence-corrected chi connectivity index (χ1v) is 8.02. The van der Waals surface area contributed by atoms with Crippen molar-refractivity contribution in [2.75, 3.05) is 13.1 Å². The van der Waals surface area contributed by atoms with Gasteiger partial charge in [-0.2, -0.15) is 5.10 Å². The average Bonchev–Trinajstić information content (AvgIpc) is 3.15. The minimum absolute atomic E-state index is 0.216. The van der Waals surface area contributed by atoms with E-state index >= 15 is 0 Å². The monoisotopic (exact) mass is 377 g/mol. The molecule has 7 heteroatoms. The normalized spacial score (nSPS) is 20.7. The van der Waals surface area contributed by atoms with Crippen LogP contribution in [-0.2, 0) is 4.79 Å². The Labute approximate surface area is 141 Å². The second-order valence-corrected chi connectivity index (χ2v) is 6.93. The molecule has 120 valence electrons. The summed E-state index contributed by atoms with van der Waals surface area (Å²) in [5, 5.41) is 16.2. The molecule has 0 bridgehead atoms. The van der Waals surface area contributed by atoms with Gasteiger partial charge in [-0.25, -0.2) is 0 Å². The number of halogens is 1. The van der Waals surface area contributed by atoms with Gasteiger partial charge in [0.1, 0.15) is 5.69 Å². The van der Waals surface area contributed by atoms with E-state index in [0.717, 1.165) is 10.0 Å². The van der Waals surface area contributed by atoms with Crippen LogP contribution < -0.4 is 0 Å². The highest BCUT2D eigenvalue weighted by atomic mass is 79.9. The van der Waals surface area contributed by atoms with Crippen molar-refractivity contribution >= 4 is 27.8 Å². The minimum Gasteiger partial charge on any atom is -0.481 e. The predicted octanol–water partition coefficient (Wildman–Crippen LogP) is 2.78. The van der Waals surface area contributed by atoms with E-state index in [1.807, 2.05) is 24.3 Å². The van der Waals surface area contributed by atoms with Gasteiger partial charge in [0.05, 0.1) is 11.1 Å². The number of carboxylic acids is 1. The molecule has 2 aromatic rings. The maximum Gasteiger partial charge on any atom is 0.311 e. The summed E-state index contributed by atoms with van der Waals surface area (Å²) in [7, 11) is 0. The van der Waals surface area contributed by atoms with E-state index in [2.05, 4.69) is 26.1 Å². The molecule has 0 radical (unpaired) electrons. The van der Waals surface area contributed by atoms with E-state index < -0.39 is 11.4 Å². The Kier molecular flexibility index (Phi) is 3.97. The molecule has 1 aromatic heterocycles. The van der Waals surface area contributed by atoms with Crippen molar-refractivity contribution in [1.82, 2.24) is 15.1 Å². The summed E-state index contributed by atoms with van der Waals surface area (Å²) in [6, 6.07) is 9.33. The lowest BCUT2D eigenvalue weighted by Crippen LogP contribution is -2.35. The average molecular weight is 378 g/mol. The van der Waals surface area contributed by atoms with E-state index in [4.69, 9.17) is 0 Å². The molecule has 23 heavy (non-hydrogen) atoms. The van der Waals surface area contributed by atoms with E-state index in [0.29, 0.717) is 24.4 Å². The number of aromatic nitrogens is 2. The van der Waals surface area contributed by atoms with Crippen LogP contribution in [0.15, 0.2) is 34.8 Å². The van der Waals surface area contributed by atoms with Crippen LogP contribution in [0.2, 0.25) is 0 Å². The van der Waals surface area contributed by atoms with Crippen LogP contribution in [0, 0.1) is 5.41 Å². The first-order valence-electron chi connectivity index (χ1n) is 7.23. The molecular formula is C16H16BrN3O3. The van der Waals surface area contributed by atoms with Crippen LogP contribution in [0.5, 0.6) is 0 Å². The van der Waals surface area contributed by atoms with Gasteiger partial charge in [0.2, 0.25) is 0 Å². The number of rotatable bonds is 3. The van der Waals surface area contributed by atoms with Gasteiger partial charge in [0.15, 0.2) is 0 Å². The number of hydrogen-bond donors (Lipinski definition) is 2. The molecule has 6 nitrogen and oxygen atoms in total. The van der Waals surface area contributed by atoms with Crippen LogP contribution >= 0.6 is 15.9 Å². The van der Waals surface area contributed by atoms with E-state index in [-0.39, 0.29) is 12.5 Å². The summed E-state index contributed by atoms with van der Waals surface area (Å²) in [6.07, 6.45) is 0.460. The Hall–Kier alpha value is -2.15. The van der Waals surface area contributed by atoms with Gasteiger partial charge in [0.25, 0.3) is 5.91 Å². The quantitative estimate of drug-likeness (QED) is 0.860. The molecule has 1 aromatic carbocycles. The van der Waals surface area contributed by atoms with Gasteiger partial charge in [-0.3, -0.25) is 14.7 Å². The summed E-state index contributed by atoms with van der Waals surface area (Å²) in [4.78, 5) is 25.4. The fourth-order valence-electron chi connectivity index (χ4n) is 2.68. The number of nitrogens with zero attached hydrogens (tertiary/aromatic N) is 2. The Morgan fingerprint density at radius 1 is 1.35 bits per heavy atom. The smallest absolute Gasteiger partial charge is 0.311 e. The van der Waals surface area contributed by atoms with Gasteiger partial charge < -0.3 is 10.0 Å². The number of amides is 1. The number of likely N-dealkylation sites (tertiary alicyclic amines) is 1. The number of carboxylic acid groups (broad SMARTS) is 1. The number of nitrogens with one attached hydrogen (secondary N) is 1. The van der Waals surface area contributed by atoms with Crippen LogP contribution in [-0.4, -0.2) is 45.2 Å². The van der Waals surface area contributed by atoms with Gasteiger partial charge in [-0.05, 0) is 31.5 Å². The Balaban J connectivity index is 1.77. The SMILES string of the molecule is CC1(C(=O)O)CCN(C(=O)c2cc(-c3ccc(Br)cc3)n[nH]2)C1. The number of benzene rings is 1. The highest BCUT2D eigenvalue weighted by Crippen LogP contribution is 2.31. The lowest BCUT2D eigenvalue weighted by atomic mass is 9.90. The number of aliphatic carboxylic acids is 1. The zero-order valence-corrected chi connectivity index (χ0v) is 14.1. The molecule has 0 saturated carbocycles. The number of carbonyl (C=O) groups is 2. The lowest BCUT2D eigenvalue weighted by molar-refractivity contribution is -0.147. The summed E-state index contributed by atoms with van der Waals surface area (Å²) in [5.41, 5.74) is 1.09. The largest absolute Gasteiger partial charge is 0.481 e. The van der Waals surface area contributed by atoms with Gasteiger partial charge in [-0.15, -0.1) is 0 Å². The summed E-state index contributed by atoms with van der Waals surface area (Å²) in [6.45, 7) is 2.32. The third-order valence-corrected chi connectivity index (χ3v) is 4.75. The third-order valence-electron chi connectivity index (χ3n) is 4.23. The molecule has 3 rings (SSSR count). The van der Waals surface area contributed by atoms with Gasteiger partial charge >= 0.3 is 5.97 Å². The summed E-state index contributed by atoms with van der Waals surface area (Å²) < 4.78 is 0.970. The maximum atomic E-state index is 12.5. The highest BCUT2D eigenvalue weighted by molar-refractivity contribution is 9.10. The molecule has 2 N–H and O–H groups in total. The topological polar surface area (TPSA) is 86.3 Å². The van der Waals surface area contributed by atoms with Crippen LogP contribution in [0.3, 0.4) is 0 Å². The van der Waals surface area contributed by atoms with Crippen LogP contribution in [0.1, 0.15) is 23.8 Å². The maximum absolute atomic E-state index is 12.5. The fraction of sp³-hybridized carbons (Fsp3) is 0.312. The highest BCUT2D eigenvalue weighted by Gasteiger charge is 2.42. The van der Waals surface area contributed by atoms with Crippen molar-refractivity contribution in [2.45, 2.75) is 13.3 Å². The van der Waals surface area contributed by atoms with Crippen molar-refractivity contribution in [3.05, 3.63) is 40.5 Å². The molecule has 0 spiro atoms. The molecule has 2 heterocycles. The number of aromatic amines is 1. The molecule has 1 amide bonds. The van der Waals surface area contributed by atoms with E-state index in [1.54, 1.807) is 17.9 Å². The second kappa shape index (κ2) is 5.81. The van der Waals surface area contributed by atoms with Gasteiger partial charge in [-0.1, -0.05) is 28.1 Å². The Morgan fingerprint density at radius 2 is 2.04 bits per heavy atom. The Morgan fingerprint density at radius 3 is 2.65 bits per heavy atom. The van der Waals surface area contributed by atoms with Crippen molar-refractivity contribution in [3.63, 3.8) is 0 Å².